The fourth-order valence-electron chi connectivity index (χ4n) is 4.67. The Balaban J connectivity index is 1.64. The normalized spacial score (nSPS) is 28.8. The highest BCUT2D eigenvalue weighted by Gasteiger charge is 2.49. The van der Waals surface area contributed by atoms with Crippen LogP contribution < -0.4 is 5.73 Å². The van der Waals surface area contributed by atoms with E-state index in [1.807, 2.05) is 0 Å². The third-order valence-corrected chi connectivity index (χ3v) is 9.35. The molecule has 1 aromatic carbocycles. The van der Waals surface area contributed by atoms with E-state index in [1.54, 1.807) is 0 Å². The molecule has 3 aliphatic rings. The Morgan fingerprint density at radius 1 is 1.29 bits per heavy atom. The Morgan fingerprint density at radius 3 is 2.88 bits per heavy atom. The van der Waals surface area contributed by atoms with Crippen molar-refractivity contribution >= 4 is 40.3 Å². The zero-order valence-electron chi connectivity index (χ0n) is 13.5. The molecule has 1 spiro atoms. The van der Waals surface area contributed by atoms with Gasteiger partial charge in [0.15, 0.2) is 0 Å². The number of carbonyl (C=O) groups excluding carboxylic acids is 1. The van der Waals surface area contributed by atoms with Crippen molar-refractivity contribution < 1.29 is 4.79 Å². The average Bonchev–Trinajstić information content (AvgIpc) is 3.19. The largest absolute Gasteiger partial charge is 0.368 e. The second-order valence-corrected chi connectivity index (χ2v) is 10.2. The first kappa shape index (κ1) is 15.2. The van der Waals surface area contributed by atoms with Crippen molar-refractivity contribution in [2.75, 3.05) is 18.1 Å². The summed E-state index contributed by atoms with van der Waals surface area (Å²) in [6.45, 7) is 0.965. The van der Waals surface area contributed by atoms with Gasteiger partial charge in [-0.1, -0.05) is 18.2 Å². The molecule has 1 aromatic heterocycles. The first-order valence-electron chi connectivity index (χ1n) is 8.59. The minimum Gasteiger partial charge on any atom is -0.368 e. The molecule has 0 saturated carbocycles. The van der Waals surface area contributed by atoms with Gasteiger partial charge in [-0.3, -0.25) is 9.69 Å². The summed E-state index contributed by atoms with van der Waals surface area (Å²) in [6, 6.07) is 8.55. The van der Waals surface area contributed by atoms with Crippen molar-refractivity contribution in [2.45, 2.75) is 35.4 Å². The first-order valence-corrected chi connectivity index (χ1v) is 10.6. The number of fused-ring (bicyclic) bond motifs is 5. The molecule has 1 amide bonds. The fraction of sp³-hybridized carbons (Fsp3) is 0.500. The molecule has 2 saturated heterocycles. The van der Waals surface area contributed by atoms with E-state index in [4.69, 9.17) is 5.73 Å². The molecule has 0 bridgehead atoms. The van der Waals surface area contributed by atoms with E-state index in [0.717, 1.165) is 25.8 Å². The summed E-state index contributed by atoms with van der Waals surface area (Å²) >= 11 is 4.24. The number of nitrogens with two attached hydrogens (primary N) is 1. The second-order valence-electron chi connectivity index (χ2n) is 7.00. The summed E-state index contributed by atoms with van der Waals surface area (Å²) in [5.74, 6) is 2.31. The number of amides is 1. The van der Waals surface area contributed by atoms with Gasteiger partial charge in [0.05, 0.1) is 16.2 Å². The lowest BCUT2D eigenvalue weighted by Gasteiger charge is -2.48. The topological polar surface area (TPSA) is 62.1 Å². The molecule has 3 aliphatic heterocycles. The Bertz CT molecular complexity index is 812. The molecule has 0 unspecified atom stereocenters. The Labute approximate surface area is 149 Å². The third-order valence-electron chi connectivity index (χ3n) is 5.78. The van der Waals surface area contributed by atoms with Gasteiger partial charge in [-0.2, -0.15) is 0 Å². The molecular formula is C18H21N3OS2. The van der Waals surface area contributed by atoms with Gasteiger partial charge in [-0.15, -0.1) is 23.5 Å². The van der Waals surface area contributed by atoms with Crippen LogP contribution in [0, 0.1) is 0 Å². The SMILES string of the molecule is NC(=O)[C@@H]1Cc2c([nH]c3ccccc23)[C@H]2CC3(CCN21)SCCS3. The maximum atomic E-state index is 12.1. The minimum absolute atomic E-state index is 0.171. The van der Waals surface area contributed by atoms with Crippen molar-refractivity contribution in [2.24, 2.45) is 5.73 Å². The van der Waals surface area contributed by atoms with Crippen LogP contribution in [0.2, 0.25) is 0 Å². The highest BCUT2D eigenvalue weighted by Crippen LogP contribution is 2.56. The van der Waals surface area contributed by atoms with Crippen molar-refractivity contribution in [1.29, 1.82) is 0 Å². The zero-order chi connectivity index (χ0) is 16.3. The van der Waals surface area contributed by atoms with E-state index in [2.05, 4.69) is 57.7 Å². The lowest BCUT2D eigenvalue weighted by Crippen LogP contribution is -2.55. The third kappa shape index (κ3) is 2.16. The summed E-state index contributed by atoms with van der Waals surface area (Å²) < 4.78 is 0.329. The van der Waals surface area contributed by atoms with Crippen LogP contribution >= 0.6 is 23.5 Å². The molecule has 4 nitrogen and oxygen atoms in total. The Morgan fingerprint density at radius 2 is 2.08 bits per heavy atom. The minimum atomic E-state index is -0.182. The molecule has 3 N–H and O–H groups in total. The number of aromatic nitrogens is 1. The van der Waals surface area contributed by atoms with Crippen molar-refractivity contribution in [3.63, 3.8) is 0 Å². The van der Waals surface area contributed by atoms with Crippen molar-refractivity contribution in [3.8, 4) is 0 Å². The fourth-order valence-corrected chi connectivity index (χ4v) is 7.94. The summed E-state index contributed by atoms with van der Waals surface area (Å²) in [5.41, 5.74) is 9.59. The number of hydrogen-bond donors (Lipinski definition) is 2. The van der Waals surface area contributed by atoms with E-state index >= 15 is 0 Å². The molecule has 4 heterocycles. The highest BCUT2D eigenvalue weighted by atomic mass is 32.2. The van der Waals surface area contributed by atoms with Gasteiger partial charge >= 0.3 is 0 Å². The second kappa shape index (κ2) is 5.44. The number of carbonyl (C=O) groups is 1. The predicted octanol–water partition coefficient (Wildman–Crippen LogP) is 2.89. The van der Waals surface area contributed by atoms with E-state index in [9.17, 15) is 4.79 Å². The van der Waals surface area contributed by atoms with E-state index in [1.165, 1.54) is 33.7 Å². The van der Waals surface area contributed by atoms with Gasteiger partial charge in [0, 0.05) is 34.6 Å². The summed E-state index contributed by atoms with van der Waals surface area (Å²) in [7, 11) is 0. The molecule has 2 aromatic rings. The number of primary amides is 1. The lowest BCUT2D eigenvalue weighted by atomic mass is 9.86. The van der Waals surface area contributed by atoms with E-state index in [0.29, 0.717) is 4.08 Å². The predicted molar refractivity (Wildman–Crippen MR) is 101 cm³/mol. The zero-order valence-corrected chi connectivity index (χ0v) is 15.1. The van der Waals surface area contributed by atoms with Crippen molar-refractivity contribution in [1.82, 2.24) is 9.88 Å². The highest BCUT2D eigenvalue weighted by molar-refractivity contribution is 8.21. The molecule has 126 valence electrons. The standard InChI is InChI=1S/C18H21N3OS2/c19-17(22)14-9-12-11-3-1-2-4-13(11)20-16(12)15-10-18(5-6-21(14)15)23-7-8-24-18/h1-4,14-15,20H,5-10H2,(H2,19,22)/t14-,15+/m0/s1. The van der Waals surface area contributed by atoms with E-state index in [-0.39, 0.29) is 18.0 Å². The maximum Gasteiger partial charge on any atom is 0.235 e. The molecule has 2 fully saturated rings. The van der Waals surface area contributed by atoms with Crippen LogP contribution in [-0.2, 0) is 11.2 Å². The molecular weight excluding hydrogens is 338 g/mol. The maximum absolute atomic E-state index is 12.1. The molecule has 0 radical (unpaired) electrons. The first-order chi connectivity index (χ1) is 11.7. The summed E-state index contributed by atoms with van der Waals surface area (Å²) in [4.78, 5) is 18.2. The van der Waals surface area contributed by atoms with Crippen LogP contribution in [0.5, 0.6) is 0 Å². The number of piperidine rings is 1. The Kier molecular flexibility index (Phi) is 3.44. The van der Waals surface area contributed by atoms with Gasteiger partial charge in [0.25, 0.3) is 0 Å². The quantitative estimate of drug-likeness (QED) is 0.822. The van der Waals surface area contributed by atoms with Crippen LogP contribution in [0.25, 0.3) is 10.9 Å². The number of rotatable bonds is 1. The van der Waals surface area contributed by atoms with Crippen LogP contribution in [-0.4, -0.2) is 44.0 Å². The molecule has 24 heavy (non-hydrogen) atoms. The van der Waals surface area contributed by atoms with Crippen molar-refractivity contribution in [3.05, 3.63) is 35.5 Å². The Hall–Kier alpha value is -1.11. The van der Waals surface area contributed by atoms with Gasteiger partial charge in [0.1, 0.15) is 0 Å². The van der Waals surface area contributed by atoms with Gasteiger partial charge in [-0.25, -0.2) is 0 Å². The number of aromatic amines is 1. The molecule has 5 rings (SSSR count). The molecule has 2 atom stereocenters. The number of H-pyrrole nitrogens is 1. The van der Waals surface area contributed by atoms with Gasteiger partial charge in [0.2, 0.25) is 5.91 Å². The van der Waals surface area contributed by atoms with Crippen LogP contribution in [0.4, 0.5) is 0 Å². The number of hydrogen-bond acceptors (Lipinski definition) is 4. The number of thioether (sulfide) groups is 2. The average molecular weight is 360 g/mol. The van der Waals surface area contributed by atoms with Crippen LogP contribution in [0.15, 0.2) is 24.3 Å². The van der Waals surface area contributed by atoms with Gasteiger partial charge in [-0.05, 0) is 30.9 Å². The number of benzene rings is 1. The number of nitrogens with zero attached hydrogens (tertiary/aromatic N) is 1. The lowest BCUT2D eigenvalue weighted by molar-refractivity contribution is -0.125. The van der Waals surface area contributed by atoms with Crippen LogP contribution in [0.3, 0.4) is 0 Å². The number of para-hydroxylation sites is 1. The van der Waals surface area contributed by atoms with Gasteiger partial charge < -0.3 is 10.7 Å². The smallest absolute Gasteiger partial charge is 0.235 e. The monoisotopic (exact) mass is 359 g/mol. The summed E-state index contributed by atoms with van der Waals surface area (Å²) in [5, 5.41) is 1.25. The summed E-state index contributed by atoms with van der Waals surface area (Å²) in [6.07, 6.45) is 2.99. The van der Waals surface area contributed by atoms with Crippen LogP contribution in [0.1, 0.15) is 30.1 Å². The molecule has 6 heteroatoms. The molecule has 0 aliphatic carbocycles. The number of nitrogens with one attached hydrogen (secondary N) is 1. The van der Waals surface area contributed by atoms with E-state index < -0.39 is 0 Å².